The summed E-state index contributed by atoms with van der Waals surface area (Å²) in [5, 5.41) is 2.89. The van der Waals surface area contributed by atoms with Crippen LogP contribution in [0.4, 0.5) is 5.69 Å². The highest BCUT2D eigenvalue weighted by atomic mass is 16.5. The van der Waals surface area contributed by atoms with Gasteiger partial charge in [-0.05, 0) is 43.2 Å². The number of carbonyl (C=O) groups excluding carboxylic acids is 1. The third-order valence-electron chi connectivity index (χ3n) is 3.29. The molecule has 116 valence electrons. The summed E-state index contributed by atoms with van der Waals surface area (Å²) in [6.07, 6.45) is -0.00722. The maximum Gasteiger partial charge on any atom is 0.265 e. The fourth-order valence-corrected chi connectivity index (χ4v) is 2.14. The average Bonchev–Trinajstić information content (AvgIpc) is 2.52. The Labute approximate surface area is 131 Å². The number of hydrogen-bond acceptors (Lipinski definition) is 3. The van der Waals surface area contributed by atoms with Crippen molar-refractivity contribution in [2.24, 2.45) is 0 Å². The van der Waals surface area contributed by atoms with Gasteiger partial charge in [0.2, 0.25) is 0 Å². The molecule has 0 heterocycles. The molecule has 0 saturated carbocycles. The molecule has 0 radical (unpaired) electrons. The minimum absolute atomic E-state index is 0.168. The minimum Gasteiger partial charge on any atom is -0.493 e. The van der Waals surface area contributed by atoms with E-state index in [1.54, 1.807) is 19.2 Å². The number of aryl methyl sites for hydroxylation is 1. The molecule has 0 fully saturated rings. The fourth-order valence-electron chi connectivity index (χ4n) is 2.14. The molecule has 0 aliphatic carbocycles. The zero-order chi connectivity index (χ0) is 15.9. The molecule has 0 aliphatic rings. The molecule has 4 nitrogen and oxygen atoms in total. The first-order chi connectivity index (χ1) is 10.6. The first kappa shape index (κ1) is 15.9. The molecule has 2 aromatic rings. The smallest absolute Gasteiger partial charge is 0.265 e. The molecule has 0 bridgehead atoms. The van der Waals surface area contributed by atoms with Crippen molar-refractivity contribution in [2.45, 2.75) is 26.4 Å². The van der Waals surface area contributed by atoms with E-state index in [9.17, 15) is 4.79 Å². The van der Waals surface area contributed by atoms with Crippen LogP contribution in [0.2, 0.25) is 0 Å². The van der Waals surface area contributed by atoms with Crippen LogP contribution in [0.3, 0.4) is 0 Å². The number of ether oxygens (including phenoxy) is 2. The molecule has 0 aromatic heterocycles. The van der Waals surface area contributed by atoms with Crippen LogP contribution in [0.5, 0.6) is 11.5 Å². The second-order valence-electron chi connectivity index (χ2n) is 5.02. The Morgan fingerprint density at radius 1 is 1.14 bits per heavy atom. The van der Waals surface area contributed by atoms with Crippen LogP contribution in [-0.2, 0) is 4.79 Å². The first-order valence-corrected chi connectivity index (χ1v) is 7.31. The van der Waals surface area contributed by atoms with Gasteiger partial charge >= 0.3 is 0 Å². The Balaban J connectivity index is 2.09. The van der Waals surface area contributed by atoms with Crippen LogP contribution < -0.4 is 14.8 Å². The van der Waals surface area contributed by atoms with Gasteiger partial charge in [0.05, 0.1) is 7.11 Å². The van der Waals surface area contributed by atoms with Gasteiger partial charge in [-0.3, -0.25) is 4.79 Å². The molecular formula is C18H21NO3. The number of amides is 1. The average molecular weight is 299 g/mol. The zero-order valence-corrected chi connectivity index (χ0v) is 13.1. The number of para-hydroxylation sites is 2. The van der Waals surface area contributed by atoms with Crippen LogP contribution in [-0.4, -0.2) is 19.1 Å². The van der Waals surface area contributed by atoms with Crippen molar-refractivity contribution < 1.29 is 14.3 Å². The van der Waals surface area contributed by atoms with Crippen LogP contribution >= 0.6 is 0 Å². The van der Waals surface area contributed by atoms with E-state index in [1.807, 2.05) is 50.2 Å². The van der Waals surface area contributed by atoms with E-state index < -0.39 is 6.10 Å². The maximum absolute atomic E-state index is 12.4. The minimum atomic E-state index is -0.572. The van der Waals surface area contributed by atoms with Crippen LogP contribution in [0.1, 0.15) is 18.9 Å². The zero-order valence-electron chi connectivity index (χ0n) is 13.1. The van der Waals surface area contributed by atoms with E-state index in [1.165, 1.54) is 0 Å². The molecule has 0 spiro atoms. The van der Waals surface area contributed by atoms with Gasteiger partial charge in [-0.2, -0.15) is 0 Å². The standard InChI is InChI=1S/C18H21NO3/c1-4-15(22-17-11-6-5-10-16(17)21-3)18(20)19-14-9-7-8-13(2)12-14/h5-12,15H,4H2,1-3H3,(H,19,20)/t15-/m1/s1. The van der Waals surface area contributed by atoms with Gasteiger partial charge in [0.25, 0.3) is 5.91 Å². The Morgan fingerprint density at radius 2 is 1.86 bits per heavy atom. The van der Waals surface area contributed by atoms with Gasteiger partial charge in [0.15, 0.2) is 17.6 Å². The summed E-state index contributed by atoms with van der Waals surface area (Å²) in [5.41, 5.74) is 1.86. The molecule has 4 heteroatoms. The van der Waals surface area contributed by atoms with Gasteiger partial charge < -0.3 is 14.8 Å². The molecule has 2 rings (SSSR count). The molecule has 2 aromatic carbocycles. The van der Waals surface area contributed by atoms with Crippen molar-refractivity contribution in [3.8, 4) is 11.5 Å². The SMILES string of the molecule is CC[C@@H](Oc1ccccc1OC)C(=O)Nc1cccc(C)c1. The van der Waals surface area contributed by atoms with Crippen molar-refractivity contribution >= 4 is 11.6 Å². The Bertz CT molecular complexity index is 640. The summed E-state index contributed by atoms with van der Waals surface area (Å²) in [7, 11) is 1.58. The normalized spacial score (nSPS) is 11.6. The predicted octanol–water partition coefficient (Wildman–Crippen LogP) is 3.80. The molecule has 1 N–H and O–H groups in total. The van der Waals surface area contributed by atoms with Crippen molar-refractivity contribution in [2.75, 3.05) is 12.4 Å². The van der Waals surface area contributed by atoms with Crippen LogP contribution in [0, 0.1) is 6.92 Å². The number of benzene rings is 2. The van der Waals surface area contributed by atoms with Gasteiger partial charge in [-0.15, -0.1) is 0 Å². The number of methoxy groups -OCH3 is 1. The van der Waals surface area contributed by atoms with Gasteiger partial charge in [0, 0.05) is 5.69 Å². The number of rotatable bonds is 6. The summed E-state index contributed by atoms with van der Waals surface area (Å²) in [6.45, 7) is 3.90. The van der Waals surface area contributed by atoms with E-state index >= 15 is 0 Å². The first-order valence-electron chi connectivity index (χ1n) is 7.31. The van der Waals surface area contributed by atoms with Crippen LogP contribution in [0.25, 0.3) is 0 Å². The second kappa shape index (κ2) is 7.50. The van der Waals surface area contributed by atoms with E-state index in [0.717, 1.165) is 11.3 Å². The van der Waals surface area contributed by atoms with E-state index in [2.05, 4.69) is 5.32 Å². The van der Waals surface area contributed by atoms with Gasteiger partial charge in [-0.25, -0.2) is 0 Å². The lowest BCUT2D eigenvalue weighted by Gasteiger charge is -2.19. The Hall–Kier alpha value is -2.49. The number of anilines is 1. The van der Waals surface area contributed by atoms with Gasteiger partial charge in [-0.1, -0.05) is 31.2 Å². The molecule has 0 saturated heterocycles. The Morgan fingerprint density at radius 3 is 2.50 bits per heavy atom. The number of carbonyl (C=O) groups is 1. The lowest BCUT2D eigenvalue weighted by atomic mass is 10.2. The number of hydrogen-bond donors (Lipinski definition) is 1. The summed E-state index contributed by atoms with van der Waals surface area (Å²) < 4.78 is 11.1. The monoisotopic (exact) mass is 299 g/mol. The molecule has 0 unspecified atom stereocenters. The van der Waals surface area contributed by atoms with E-state index in [-0.39, 0.29) is 5.91 Å². The van der Waals surface area contributed by atoms with Gasteiger partial charge in [0.1, 0.15) is 0 Å². The summed E-state index contributed by atoms with van der Waals surface area (Å²) in [6, 6.07) is 15.0. The summed E-state index contributed by atoms with van der Waals surface area (Å²) >= 11 is 0. The number of nitrogens with one attached hydrogen (secondary N) is 1. The summed E-state index contributed by atoms with van der Waals surface area (Å²) in [5.74, 6) is 1.01. The van der Waals surface area contributed by atoms with Crippen molar-refractivity contribution in [1.29, 1.82) is 0 Å². The maximum atomic E-state index is 12.4. The lowest BCUT2D eigenvalue weighted by molar-refractivity contribution is -0.122. The lowest BCUT2D eigenvalue weighted by Crippen LogP contribution is -2.32. The Kier molecular flexibility index (Phi) is 5.42. The van der Waals surface area contributed by atoms with Crippen molar-refractivity contribution in [3.05, 3.63) is 54.1 Å². The topological polar surface area (TPSA) is 47.6 Å². The van der Waals surface area contributed by atoms with Crippen molar-refractivity contribution in [3.63, 3.8) is 0 Å². The quantitative estimate of drug-likeness (QED) is 0.882. The highest BCUT2D eigenvalue weighted by Gasteiger charge is 2.20. The molecule has 1 atom stereocenters. The largest absolute Gasteiger partial charge is 0.493 e. The van der Waals surface area contributed by atoms with E-state index in [4.69, 9.17) is 9.47 Å². The third kappa shape index (κ3) is 4.01. The highest BCUT2D eigenvalue weighted by Crippen LogP contribution is 2.27. The second-order valence-corrected chi connectivity index (χ2v) is 5.02. The van der Waals surface area contributed by atoms with Crippen molar-refractivity contribution in [1.82, 2.24) is 0 Å². The summed E-state index contributed by atoms with van der Waals surface area (Å²) in [4.78, 5) is 12.4. The molecule has 0 aliphatic heterocycles. The van der Waals surface area contributed by atoms with Crippen LogP contribution in [0.15, 0.2) is 48.5 Å². The molecular weight excluding hydrogens is 278 g/mol. The third-order valence-corrected chi connectivity index (χ3v) is 3.29. The van der Waals surface area contributed by atoms with E-state index in [0.29, 0.717) is 17.9 Å². The highest BCUT2D eigenvalue weighted by molar-refractivity contribution is 5.94. The molecule has 22 heavy (non-hydrogen) atoms. The fraction of sp³-hybridized carbons (Fsp3) is 0.278. The molecule has 1 amide bonds. The predicted molar refractivity (Wildman–Crippen MR) is 87.5 cm³/mol.